The molecule has 0 spiro atoms. The zero-order valence-corrected chi connectivity index (χ0v) is 51.0. The number of phosphoric ester groups is 1. The highest BCUT2D eigenvalue weighted by Gasteiger charge is 2.28. The standard InChI is InChI=1S/C66H117O11P/c1-4-7-10-13-16-19-22-25-27-29-31-33-35-38-41-44-47-50-53-56-65(69)76-62(58-67)60-74-78(71,72)75-61-63(59-73-64(68)55-52-49-46-43-40-37-24-21-18-15-12-9-6-3)77-66(70)57-54-51-48-45-42-39-36-34-32-30-28-26-23-20-17-14-11-8-5-2/h8,11,17,20-21,24-28,32,34,62-63,67H,4-7,9-10,12-16,18-19,22-23,29-31,33,35-61H2,1-3H3,(H,71,72)/b11-8-,20-17-,24-21-,27-25-,28-26-,34-32-. The van der Waals surface area contributed by atoms with E-state index in [1.165, 1.54) is 109 Å². The molecule has 0 aliphatic heterocycles. The largest absolute Gasteiger partial charge is 0.472 e. The van der Waals surface area contributed by atoms with Crippen LogP contribution in [0.25, 0.3) is 0 Å². The number of phosphoric acid groups is 1. The van der Waals surface area contributed by atoms with E-state index in [0.717, 1.165) is 122 Å². The first kappa shape index (κ1) is 74.9. The first-order valence-corrected chi connectivity index (χ1v) is 33.3. The molecule has 452 valence electrons. The van der Waals surface area contributed by atoms with Crippen LogP contribution in [0.3, 0.4) is 0 Å². The van der Waals surface area contributed by atoms with Gasteiger partial charge in [0.25, 0.3) is 0 Å². The highest BCUT2D eigenvalue weighted by Crippen LogP contribution is 2.43. The molecule has 11 nitrogen and oxygen atoms in total. The Morgan fingerprint density at radius 1 is 0.372 bits per heavy atom. The molecule has 0 rings (SSSR count). The number of hydrogen-bond acceptors (Lipinski definition) is 10. The summed E-state index contributed by atoms with van der Waals surface area (Å²) in [5, 5.41) is 9.85. The molecule has 0 aromatic carbocycles. The van der Waals surface area contributed by atoms with Gasteiger partial charge < -0.3 is 24.2 Å². The molecule has 0 aliphatic carbocycles. The van der Waals surface area contributed by atoms with Crippen molar-refractivity contribution in [2.75, 3.05) is 26.4 Å². The smallest absolute Gasteiger partial charge is 0.462 e. The minimum Gasteiger partial charge on any atom is -0.462 e. The van der Waals surface area contributed by atoms with Crippen molar-refractivity contribution in [3.05, 3.63) is 72.9 Å². The summed E-state index contributed by atoms with van der Waals surface area (Å²) in [5.41, 5.74) is 0. The number of aliphatic hydroxyl groups excluding tert-OH is 1. The fourth-order valence-corrected chi connectivity index (χ4v) is 9.53. The fraction of sp³-hybridized carbons (Fsp3) is 0.773. The van der Waals surface area contributed by atoms with Crippen molar-refractivity contribution in [1.82, 2.24) is 0 Å². The Labute approximate surface area is 478 Å². The zero-order valence-electron chi connectivity index (χ0n) is 50.1. The Bertz CT molecular complexity index is 1590. The highest BCUT2D eigenvalue weighted by atomic mass is 31.2. The molecule has 3 atom stereocenters. The number of carbonyl (C=O) groups excluding carboxylic acids is 3. The van der Waals surface area contributed by atoms with Gasteiger partial charge >= 0.3 is 25.7 Å². The van der Waals surface area contributed by atoms with E-state index in [2.05, 4.69) is 93.7 Å². The van der Waals surface area contributed by atoms with Gasteiger partial charge in [0, 0.05) is 19.3 Å². The third-order valence-corrected chi connectivity index (χ3v) is 14.5. The van der Waals surface area contributed by atoms with Crippen molar-refractivity contribution >= 4 is 25.7 Å². The van der Waals surface area contributed by atoms with Gasteiger partial charge in [0.05, 0.1) is 19.8 Å². The Balaban J connectivity index is 4.67. The van der Waals surface area contributed by atoms with Gasteiger partial charge in [0.1, 0.15) is 12.7 Å². The van der Waals surface area contributed by atoms with E-state index in [0.29, 0.717) is 19.3 Å². The molecule has 0 saturated carbocycles. The van der Waals surface area contributed by atoms with Crippen LogP contribution in [-0.2, 0) is 42.2 Å². The predicted octanol–water partition coefficient (Wildman–Crippen LogP) is 19.3. The summed E-state index contributed by atoms with van der Waals surface area (Å²) in [6.45, 7) is 4.52. The molecular weight excluding hydrogens is 1000 g/mol. The molecule has 0 aromatic rings. The molecule has 2 N–H and O–H groups in total. The van der Waals surface area contributed by atoms with Gasteiger partial charge in [-0.1, -0.05) is 235 Å². The van der Waals surface area contributed by atoms with Crippen molar-refractivity contribution in [3.63, 3.8) is 0 Å². The summed E-state index contributed by atoms with van der Waals surface area (Å²) in [5.74, 6) is -1.48. The highest BCUT2D eigenvalue weighted by molar-refractivity contribution is 7.47. The van der Waals surface area contributed by atoms with E-state index >= 15 is 0 Å². The van der Waals surface area contributed by atoms with Gasteiger partial charge in [-0.2, -0.15) is 0 Å². The normalized spacial score (nSPS) is 13.8. The summed E-state index contributed by atoms with van der Waals surface area (Å²) in [6, 6.07) is 0. The van der Waals surface area contributed by atoms with Crippen molar-refractivity contribution in [3.8, 4) is 0 Å². The van der Waals surface area contributed by atoms with Crippen molar-refractivity contribution < 1.29 is 52.2 Å². The van der Waals surface area contributed by atoms with Crippen LogP contribution in [0.1, 0.15) is 290 Å². The summed E-state index contributed by atoms with van der Waals surface area (Å²) >= 11 is 0. The molecule has 0 fully saturated rings. The van der Waals surface area contributed by atoms with E-state index in [4.69, 9.17) is 23.3 Å². The fourth-order valence-electron chi connectivity index (χ4n) is 8.75. The van der Waals surface area contributed by atoms with Crippen LogP contribution in [0.15, 0.2) is 72.9 Å². The number of carbonyl (C=O) groups is 3. The van der Waals surface area contributed by atoms with E-state index in [1.807, 2.05) is 0 Å². The Morgan fingerprint density at radius 2 is 0.667 bits per heavy atom. The van der Waals surface area contributed by atoms with E-state index in [-0.39, 0.29) is 25.9 Å². The lowest BCUT2D eigenvalue weighted by atomic mass is 10.1. The van der Waals surface area contributed by atoms with Crippen LogP contribution in [-0.4, -0.2) is 66.5 Å². The summed E-state index contributed by atoms with van der Waals surface area (Å²) < 4.78 is 39.6. The van der Waals surface area contributed by atoms with Gasteiger partial charge in [-0.3, -0.25) is 23.4 Å². The van der Waals surface area contributed by atoms with Gasteiger partial charge in [-0.05, 0) is 109 Å². The zero-order chi connectivity index (χ0) is 56.9. The third-order valence-electron chi connectivity index (χ3n) is 13.6. The van der Waals surface area contributed by atoms with Crippen molar-refractivity contribution in [2.45, 2.75) is 303 Å². The monoisotopic (exact) mass is 1120 g/mol. The van der Waals surface area contributed by atoms with Gasteiger partial charge in [-0.15, -0.1) is 0 Å². The Hall–Kier alpha value is -3.08. The van der Waals surface area contributed by atoms with Crippen molar-refractivity contribution in [1.29, 1.82) is 0 Å². The van der Waals surface area contributed by atoms with Gasteiger partial charge in [0.15, 0.2) is 6.10 Å². The molecule has 0 saturated heterocycles. The second-order valence-electron chi connectivity index (χ2n) is 21.2. The SMILES string of the molecule is CC/C=C\C/C=C\C/C=C\C/C=C\CCCCCCCCC(=O)OC(COC(=O)CCCCCCC/C=C\CCCCCC)COP(=O)(O)OCC(CO)OC(=O)CCCCCCCCCCC/C=C\CCCCCCCC. The van der Waals surface area contributed by atoms with Gasteiger partial charge in [-0.25, -0.2) is 4.57 Å². The number of unbranched alkanes of at least 4 members (excludes halogenated alkanes) is 30. The number of allylic oxidation sites excluding steroid dienone is 12. The lowest BCUT2D eigenvalue weighted by Crippen LogP contribution is -2.30. The molecule has 0 aromatic heterocycles. The molecule has 0 radical (unpaired) electrons. The van der Waals surface area contributed by atoms with E-state index in [1.54, 1.807) is 0 Å². The average molecular weight is 1120 g/mol. The number of aliphatic hydroxyl groups is 1. The lowest BCUT2D eigenvalue weighted by molar-refractivity contribution is -0.161. The van der Waals surface area contributed by atoms with Crippen LogP contribution < -0.4 is 0 Å². The van der Waals surface area contributed by atoms with Crippen LogP contribution >= 0.6 is 7.82 Å². The molecule has 0 amide bonds. The molecule has 0 aliphatic rings. The molecule has 12 heteroatoms. The average Bonchev–Trinajstić information content (AvgIpc) is 3.43. The molecule has 0 heterocycles. The van der Waals surface area contributed by atoms with Gasteiger partial charge in [0.2, 0.25) is 0 Å². The second kappa shape index (κ2) is 60.0. The molecule has 3 unspecified atom stereocenters. The summed E-state index contributed by atoms with van der Waals surface area (Å²) in [6.07, 6.45) is 68.5. The lowest BCUT2D eigenvalue weighted by Gasteiger charge is -2.21. The number of ether oxygens (including phenoxy) is 3. The van der Waals surface area contributed by atoms with Crippen LogP contribution in [0.5, 0.6) is 0 Å². The topological polar surface area (TPSA) is 155 Å². The quantitative estimate of drug-likeness (QED) is 0.0197. The number of rotatable bonds is 59. The molecule has 0 bridgehead atoms. The van der Waals surface area contributed by atoms with Crippen LogP contribution in [0.4, 0.5) is 0 Å². The number of esters is 3. The maximum Gasteiger partial charge on any atom is 0.472 e. The summed E-state index contributed by atoms with van der Waals surface area (Å²) in [7, 11) is -4.76. The van der Waals surface area contributed by atoms with Crippen LogP contribution in [0.2, 0.25) is 0 Å². The van der Waals surface area contributed by atoms with E-state index in [9.17, 15) is 28.9 Å². The molecule has 78 heavy (non-hydrogen) atoms. The third kappa shape index (κ3) is 57.6. The maximum absolute atomic E-state index is 12.9. The number of hydrogen-bond donors (Lipinski definition) is 2. The van der Waals surface area contributed by atoms with E-state index < -0.39 is 57.8 Å². The van der Waals surface area contributed by atoms with Crippen molar-refractivity contribution in [2.24, 2.45) is 0 Å². The molecular formula is C66H117O11P. The minimum absolute atomic E-state index is 0.149. The Kier molecular flexibility index (Phi) is 57.7. The summed E-state index contributed by atoms with van der Waals surface area (Å²) in [4.78, 5) is 48.7. The second-order valence-corrected chi connectivity index (χ2v) is 22.6. The minimum atomic E-state index is -4.76. The Morgan fingerprint density at radius 3 is 1.05 bits per heavy atom. The van der Waals surface area contributed by atoms with Crippen LogP contribution in [0, 0.1) is 0 Å². The first-order chi connectivity index (χ1) is 38.2. The maximum atomic E-state index is 12.9. The predicted molar refractivity (Wildman–Crippen MR) is 325 cm³/mol. The first-order valence-electron chi connectivity index (χ1n) is 31.8.